The normalized spacial score (nSPS) is 15.0. The minimum atomic E-state index is -1.20. The quantitative estimate of drug-likeness (QED) is 0.0282. The number of hydrogen-bond donors (Lipinski definition) is 7. The summed E-state index contributed by atoms with van der Waals surface area (Å²) in [4.78, 5) is 134. The summed E-state index contributed by atoms with van der Waals surface area (Å²) in [6.07, 6.45) is 6.28. The molecule has 7 amide bonds. The average molecular weight is 994 g/mol. The molecule has 6 rings (SSSR count). The minimum Gasteiger partial charge on any atom is -0.467 e. The molecule has 1 fully saturated rings. The zero-order valence-electron chi connectivity index (χ0n) is 40.3. The first-order chi connectivity index (χ1) is 34.6. The number of unbranched alkanes of at least 4 members (excludes halogenated alkanes) is 5. The molecule has 2 aromatic heterocycles. The van der Waals surface area contributed by atoms with E-state index in [1.54, 1.807) is 48.7 Å². The van der Waals surface area contributed by atoms with Crippen molar-refractivity contribution in [1.82, 2.24) is 46.1 Å². The number of methoxy groups -OCH3 is 2. The van der Waals surface area contributed by atoms with Crippen LogP contribution in [0.3, 0.4) is 0 Å². The number of ether oxygens (including phenoxy) is 2. The Morgan fingerprint density at radius 1 is 0.806 bits per heavy atom. The third-order valence-electron chi connectivity index (χ3n) is 12.1. The monoisotopic (exact) mass is 993 g/mol. The Bertz CT molecular complexity index is 2700. The summed E-state index contributed by atoms with van der Waals surface area (Å²) in [7, 11) is 4.13. The lowest BCUT2D eigenvalue weighted by Gasteiger charge is -2.27. The molecule has 24 heteroatoms. The fourth-order valence-corrected chi connectivity index (χ4v) is 8.26. The molecule has 2 aliphatic rings. The molecule has 1 saturated heterocycles. The van der Waals surface area contributed by atoms with Gasteiger partial charge in [0.05, 0.1) is 43.8 Å². The van der Waals surface area contributed by atoms with Gasteiger partial charge in [0.25, 0.3) is 17.7 Å². The SMILES string of the molecule is COC(=O)C(CCC(=O)NCCCCCCCCNc1cccc2c1C(=O)N(C1CCC(=O)NC1=O)C2=O)NC(=O)CCC(NC(=O)c1ccc(N(C)Cc2cnc3nc(N)nc(N)c3n2)cc1)C(=O)OC. The van der Waals surface area contributed by atoms with Gasteiger partial charge in [-0.25, -0.2) is 19.6 Å². The number of nitrogen functional groups attached to an aromatic ring is 2. The van der Waals surface area contributed by atoms with Gasteiger partial charge >= 0.3 is 11.9 Å². The predicted molar refractivity (Wildman–Crippen MR) is 261 cm³/mol. The number of fused-ring (bicyclic) bond motifs is 2. The van der Waals surface area contributed by atoms with E-state index in [1.165, 1.54) is 0 Å². The summed E-state index contributed by atoms with van der Waals surface area (Å²) in [5.41, 5.74) is 14.7. The zero-order valence-corrected chi connectivity index (χ0v) is 40.3. The number of rotatable bonds is 25. The van der Waals surface area contributed by atoms with Crippen molar-refractivity contribution < 1.29 is 52.6 Å². The van der Waals surface area contributed by atoms with Gasteiger partial charge < -0.3 is 47.1 Å². The van der Waals surface area contributed by atoms with Gasteiger partial charge in [-0.2, -0.15) is 9.97 Å². The number of nitrogens with one attached hydrogen (secondary N) is 5. The van der Waals surface area contributed by atoms with Crippen molar-refractivity contribution >= 4 is 87.6 Å². The second-order valence-corrected chi connectivity index (χ2v) is 17.2. The average Bonchev–Trinajstić information content (AvgIpc) is 3.62. The number of carbonyl (C=O) groups is 9. The van der Waals surface area contributed by atoms with Crippen molar-refractivity contribution in [3.05, 3.63) is 71.0 Å². The molecule has 3 unspecified atom stereocenters. The summed E-state index contributed by atoms with van der Waals surface area (Å²) in [6.45, 7) is 1.31. The van der Waals surface area contributed by atoms with Crippen LogP contribution in [-0.4, -0.2) is 131 Å². The van der Waals surface area contributed by atoms with Gasteiger partial charge in [-0.3, -0.25) is 43.8 Å². The number of anilines is 4. The van der Waals surface area contributed by atoms with Gasteiger partial charge in [-0.05, 0) is 68.5 Å². The topological polar surface area (TPSA) is 342 Å². The first-order valence-electron chi connectivity index (χ1n) is 23.5. The summed E-state index contributed by atoms with van der Waals surface area (Å²) in [5, 5.41) is 13.5. The zero-order chi connectivity index (χ0) is 51.9. The van der Waals surface area contributed by atoms with E-state index in [0.717, 1.165) is 63.3 Å². The maximum absolute atomic E-state index is 13.3. The lowest BCUT2D eigenvalue weighted by molar-refractivity contribution is -0.146. The lowest BCUT2D eigenvalue weighted by atomic mass is 10.0. The van der Waals surface area contributed by atoms with E-state index < -0.39 is 65.5 Å². The Labute approximate surface area is 414 Å². The van der Waals surface area contributed by atoms with Crippen LogP contribution in [0.1, 0.15) is 114 Å². The predicted octanol–water partition coefficient (Wildman–Crippen LogP) is 1.68. The Morgan fingerprint density at radius 3 is 2.14 bits per heavy atom. The molecule has 0 bridgehead atoms. The molecule has 0 radical (unpaired) electrons. The molecule has 0 aliphatic carbocycles. The van der Waals surface area contributed by atoms with E-state index in [2.05, 4.69) is 46.5 Å². The number of nitrogens with two attached hydrogens (primary N) is 2. The van der Waals surface area contributed by atoms with E-state index in [0.29, 0.717) is 36.5 Å². The van der Waals surface area contributed by atoms with Crippen LogP contribution >= 0.6 is 0 Å². The molecular formula is C48H59N13O11. The van der Waals surface area contributed by atoms with Crippen molar-refractivity contribution in [3.8, 4) is 0 Å². The maximum Gasteiger partial charge on any atom is 0.328 e. The number of carbonyl (C=O) groups excluding carboxylic acids is 9. The number of piperidine rings is 1. The van der Waals surface area contributed by atoms with Crippen molar-refractivity contribution in [2.24, 2.45) is 0 Å². The summed E-state index contributed by atoms with van der Waals surface area (Å²) in [6, 6.07) is 8.14. The first-order valence-corrected chi connectivity index (χ1v) is 23.5. The Morgan fingerprint density at radius 2 is 1.46 bits per heavy atom. The molecule has 72 heavy (non-hydrogen) atoms. The Balaban J connectivity index is 0.853. The van der Waals surface area contributed by atoms with Crippen molar-refractivity contribution in [2.45, 2.75) is 102 Å². The summed E-state index contributed by atoms with van der Waals surface area (Å²) in [5.74, 6) is -5.15. The van der Waals surface area contributed by atoms with Crippen LogP contribution in [0, 0.1) is 0 Å². The molecule has 4 aromatic rings. The number of aromatic nitrogens is 4. The standard InChI is InChI=1S/C48H59N13O11/c1-60(26-28-25-53-41-39(54-28)40(49)58-48(50)59-41)29-15-13-27(14-16-29)42(65)56-33(47(70)72-3)18-21-36(63)55-32(46(69)71-2)17-20-35(62)52-24-9-7-5-4-6-8-23-51-31-12-10-11-30-38(31)45(68)61(44(30)67)34-19-22-37(64)57-43(34)66/h10-16,25,32-34,51H,4-9,17-24,26H2,1-3H3,(H,52,62)(H,55,63)(H,56,65)(H,57,64,66)(H4,49,50,53,58,59). The third kappa shape index (κ3) is 13.7. The molecule has 382 valence electrons. The third-order valence-corrected chi connectivity index (χ3v) is 12.1. The minimum absolute atomic E-state index is 0.00765. The number of imide groups is 2. The van der Waals surface area contributed by atoms with Gasteiger partial charge in [0.15, 0.2) is 17.0 Å². The fraction of sp³-hybridized carbons (Fsp3) is 0.438. The maximum atomic E-state index is 13.3. The highest BCUT2D eigenvalue weighted by Gasteiger charge is 2.45. The van der Waals surface area contributed by atoms with Gasteiger partial charge in [0.1, 0.15) is 18.1 Å². The Kier molecular flexibility index (Phi) is 18.4. The number of nitrogens with zero attached hydrogens (tertiary/aromatic N) is 6. The van der Waals surface area contributed by atoms with Crippen LogP contribution in [0.4, 0.5) is 23.1 Å². The van der Waals surface area contributed by atoms with Crippen LogP contribution in [0.15, 0.2) is 48.7 Å². The summed E-state index contributed by atoms with van der Waals surface area (Å²) < 4.78 is 9.73. The number of benzene rings is 2. The van der Waals surface area contributed by atoms with Crippen LogP contribution in [0.2, 0.25) is 0 Å². The fourth-order valence-electron chi connectivity index (χ4n) is 8.26. The van der Waals surface area contributed by atoms with Crippen LogP contribution < -0.4 is 43.0 Å². The first kappa shape index (κ1) is 53.0. The van der Waals surface area contributed by atoms with Crippen molar-refractivity contribution in [3.63, 3.8) is 0 Å². The molecule has 2 aliphatic heterocycles. The van der Waals surface area contributed by atoms with Gasteiger partial charge in [-0.1, -0.05) is 31.7 Å². The molecule has 4 heterocycles. The molecule has 3 atom stereocenters. The second kappa shape index (κ2) is 25.0. The molecule has 0 saturated carbocycles. The van der Waals surface area contributed by atoms with Crippen molar-refractivity contribution in [2.75, 3.05) is 56.0 Å². The van der Waals surface area contributed by atoms with Gasteiger partial charge in [0, 0.05) is 56.3 Å². The largest absolute Gasteiger partial charge is 0.467 e. The van der Waals surface area contributed by atoms with E-state index in [9.17, 15) is 43.2 Å². The molecule has 24 nitrogen and oxygen atoms in total. The van der Waals surface area contributed by atoms with Crippen LogP contribution in [0.5, 0.6) is 0 Å². The highest BCUT2D eigenvalue weighted by Crippen LogP contribution is 2.32. The smallest absolute Gasteiger partial charge is 0.328 e. The van der Waals surface area contributed by atoms with E-state index >= 15 is 0 Å². The van der Waals surface area contributed by atoms with Crippen LogP contribution in [0.25, 0.3) is 11.2 Å². The number of esters is 2. The molecule has 0 spiro atoms. The van der Waals surface area contributed by atoms with E-state index in [1.807, 2.05) is 11.9 Å². The lowest BCUT2D eigenvalue weighted by Crippen LogP contribution is -2.54. The molecule has 2 aromatic carbocycles. The van der Waals surface area contributed by atoms with Gasteiger partial charge in [-0.15, -0.1) is 0 Å². The number of amides is 7. The highest BCUT2D eigenvalue weighted by molar-refractivity contribution is 6.25. The molecule has 9 N–H and O–H groups in total. The summed E-state index contributed by atoms with van der Waals surface area (Å²) >= 11 is 0. The van der Waals surface area contributed by atoms with Crippen molar-refractivity contribution in [1.29, 1.82) is 0 Å². The molecular weight excluding hydrogens is 935 g/mol. The van der Waals surface area contributed by atoms with Crippen LogP contribution in [-0.2, 0) is 44.8 Å². The number of hydrogen-bond acceptors (Lipinski definition) is 19. The van der Waals surface area contributed by atoms with E-state index in [4.69, 9.17) is 20.9 Å². The highest BCUT2D eigenvalue weighted by atomic mass is 16.5. The Hall–Kier alpha value is -8.31. The second-order valence-electron chi connectivity index (χ2n) is 17.2. The van der Waals surface area contributed by atoms with E-state index in [-0.39, 0.29) is 78.5 Å². The van der Waals surface area contributed by atoms with Gasteiger partial charge in [0.2, 0.25) is 29.6 Å².